The Bertz CT molecular complexity index is 966. The number of rotatable bonds is 6. The molecule has 2 aromatic carbocycles. The van der Waals surface area contributed by atoms with Crippen LogP contribution in [-0.4, -0.2) is 47.2 Å². The molecule has 4 rings (SSSR count). The molecule has 0 N–H and O–H groups in total. The summed E-state index contributed by atoms with van der Waals surface area (Å²) in [4.78, 5) is 9.05. The summed E-state index contributed by atoms with van der Waals surface area (Å²) in [6, 6.07) is 14.9. The number of benzene rings is 2. The molecule has 7 heteroatoms. The number of nitrogens with zero attached hydrogens (tertiary/aromatic N) is 4. The van der Waals surface area contributed by atoms with Gasteiger partial charge in [-0.2, -0.15) is 8.78 Å². The largest absolute Gasteiger partial charge is 0.492 e. The van der Waals surface area contributed by atoms with Crippen LogP contribution in [0, 0.1) is 0 Å². The lowest BCUT2D eigenvalue weighted by Gasteiger charge is -2.39. The summed E-state index contributed by atoms with van der Waals surface area (Å²) >= 11 is 0. The molecule has 1 fully saturated rings. The zero-order chi connectivity index (χ0) is 20.4. The number of para-hydroxylation sites is 4. The molecule has 0 aliphatic carbocycles. The summed E-state index contributed by atoms with van der Waals surface area (Å²) in [5.41, 5.74) is 2.18. The summed E-state index contributed by atoms with van der Waals surface area (Å²) < 4.78 is 34.4. The van der Waals surface area contributed by atoms with Gasteiger partial charge in [-0.05, 0) is 38.1 Å². The molecular weight excluding hydrogens is 374 g/mol. The zero-order valence-corrected chi connectivity index (χ0v) is 16.8. The van der Waals surface area contributed by atoms with Crippen LogP contribution in [0.1, 0.15) is 32.3 Å². The fourth-order valence-corrected chi connectivity index (χ4v) is 4.07. The highest BCUT2D eigenvalue weighted by atomic mass is 19.3. The molecule has 154 valence electrons. The predicted molar refractivity (Wildman–Crippen MR) is 111 cm³/mol. The molecule has 1 aliphatic heterocycles. The number of hydrogen-bond acceptors (Lipinski definition) is 4. The zero-order valence-electron chi connectivity index (χ0n) is 16.8. The van der Waals surface area contributed by atoms with Crippen molar-refractivity contribution in [2.75, 3.05) is 37.7 Å². The molecule has 1 atom stereocenters. The number of halogens is 2. The van der Waals surface area contributed by atoms with Crippen LogP contribution in [0.15, 0.2) is 48.5 Å². The van der Waals surface area contributed by atoms with Crippen molar-refractivity contribution in [3.8, 4) is 5.75 Å². The third-order valence-corrected chi connectivity index (χ3v) is 5.56. The van der Waals surface area contributed by atoms with Crippen LogP contribution in [0.5, 0.6) is 5.75 Å². The van der Waals surface area contributed by atoms with Gasteiger partial charge in [0, 0.05) is 26.2 Å². The first-order valence-corrected chi connectivity index (χ1v) is 10.1. The van der Waals surface area contributed by atoms with Gasteiger partial charge in [0.05, 0.1) is 29.4 Å². The average Bonchev–Trinajstić information content (AvgIpc) is 3.14. The summed E-state index contributed by atoms with van der Waals surface area (Å²) in [6.45, 7) is 5.11. The van der Waals surface area contributed by atoms with Crippen molar-refractivity contribution in [3.05, 3.63) is 54.4 Å². The second-order valence-corrected chi connectivity index (χ2v) is 7.21. The van der Waals surface area contributed by atoms with Gasteiger partial charge in [-0.3, -0.25) is 9.47 Å². The standard InChI is InChI=1S/C22H26F2N4O/c1-3-29-20-11-7-6-10-19(20)27-14-12-26(13-15-27)16(2)21-25-17-8-4-5-9-18(17)28(21)22(23)24/h4-11,16,22H,3,12-15H2,1-2H3/t16-/m0/s1. The van der Waals surface area contributed by atoms with E-state index in [9.17, 15) is 8.78 Å². The summed E-state index contributed by atoms with van der Waals surface area (Å²) in [5.74, 6) is 1.31. The van der Waals surface area contributed by atoms with Crippen LogP contribution in [0.3, 0.4) is 0 Å². The smallest absolute Gasteiger partial charge is 0.320 e. The van der Waals surface area contributed by atoms with Crippen LogP contribution in [0.25, 0.3) is 11.0 Å². The van der Waals surface area contributed by atoms with Crippen molar-refractivity contribution in [1.29, 1.82) is 0 Å². The quantitative estimate of drug-likeness (QED) is 0.600. The second kappa shape index (κ2) is 8.37. The van der Waals surface area contributed by atoms with Crippen molar-refractivity contribution >= 4 is 16.7 Å². The van der Waals surface area contributed by atoms with E-state index in [-0.39, 0.29) is 6.04 Å². The lowest BCUT2D eigenvalue weighted by Crippen LogP contribution is -2.47. The molecule has 1 saturated heterocycles. The monoisotopic (exact) mass is 400 g/mol. The average molecular weight is 400 g/mol. The number of ether oxygens (including phenoxy) is 1. The summed E-state index contributed by atoms with van der Waals surface area (Å²) in [5, 5.41) is 0. The first-order valence-electron chi connectivity index (χ1n) is 10.1. The lowest BCUT2D eigenvalue weighted by atomic mass is 10.2. The number of fused-ring (bicyclic) bond motifs is 1. The molecule has 0 amide bonds. The van der Waals surface area contributed by atoms with Crippen molar-refractivity contribution in [2.45, 2.75) is 26.4 Å². The molecule has 0 bridgehead atoms. The van der Waals surface area contributed by atoms with Gasteiger partial charge in [-0.25, -0.2) is 4.98 Å². The number of anilines is 1. The molecule has 2 heterocycles. The van der Waals surface area contributed by atoms with Gasteiger partial charge >= 0.3 is 6.55 Å². The van der Waals surface area contributed by atoms with Gasteiger partial charge in [0.2, 0.25) is 0 Å². The molecule has 0 saturated carbocycles. The SMILES string of the molecule is CCOc1ccccc1N1CCN([C@@H](C)c2nc3ccccc3n2C(F)F)CC1. The van der Waals surface area contributed by atoms with E-state index in [1.54, 1.807) is 18.2 Å². The maximum absolute atomic E-state index is 13.8. The van der Waals surface area contributed by atoms with E-state index in [4.69, 9.17) is 4.74 Å². The highest BCUT2D eigenvalue weighted by molar-refractivity contribution is 5.76. The molecule has 3 aromatic rings. The molecule has 0 radical (unpaired) electrons. The highest BCUT2D eigenvalue weighted by Gasteiger charge is 2.28. The minimum atomic E-state index is -2.61. The first-order chi connectivity index (χ1) is 14.1. The third-order valence-electron chi connectivity index (χ3n) is 5.56. The topological polar surface area (TPSA) is 33.5 Å². The number of alkyl halides is 2. The van der Waals surface area contributed by atoms with Crippen LogP contribution < -0.4 is 9.64 Å². The fourth-order valence-electron chi connectivity index (χ4n) is 4.07. The van der Waals surface area contributed by atoms with E-state index >= 15 is 0 Å². The van der Waals surface area contributed by atoms with E-state index in [0.717, 1.165) is 42.2 Å². The molecule has 1 aromatic heterocycles. The Morgan fingerprint density at radius 2 is 1.69 bits per heavy atom. The molecule has 1 aliphatic rings. The van der Waals surface area contributed by atoms with Crippen LogP contribution in [0.4, 0.5) is 14.5 Å². The van der Waals surface area contributed by atoms with Crippen LogP contribution in [0.2, 0.25) is 0 Å². The number of hydrogen-bond donors (Lipinski definition) is 0. The van der Waals surface area contributed by atoms with E-state index in [1.165, 1.54) is 0 Å². The van der Waals surface area contributed by atoms with Gasteiger partial charge in [0.25, 0.3) is 0 Å². The maximum atomic E-state index is 13.8. The van der Waals surface area contributed by atoms with Crippen molar-refractivity contribution in [2.24, 2.45) is 0 Å². The lowest BCUT2D eigenvalue weighted by molar-refractivity contribution is 0.0641. The predicted octanol–water partition coefficient (Wildman–Crippen LogP) is 4.71. The van der Waals surface area contributed by atoms with E-state index < -0.39 is 6.55 Å². The third kappa shape index (κ3) is 3.79. The second-order valence-electron chi connectivity index (χ2n) is 7.21. The van der Waals surface area contributed by atoms with Gasteiger partial charge in [-0.1, -0.05) is 24.3 Å². The summed E-state index contributed by atoms with van der Waals surface area (Å²) in [7, 11) is 0. The fraction of sp³-hybridized carbons (Fsp3) is 0.409. The van der Waals surface area contributed by atoms with Crippen LogP contribution >= 0.6 is 0 Å². The Balaban J connectivity index is 1.52. The van der Waals surface area contributed by atoms with E-state index in [0.29, 0.717) is 23.5 Å². The minimum Gasteiger partial charge on any atom is -0.492 e. The van der Waals surface area contributed by atoms with Crippen molar-refractivity contribution in [3.63, 3.8) is 0 Å². The van der Waals surface area contributed by atoms with Gasteiger partial charge in [-0.15, -0.1) is 0 Å². The Morgan fingerprint density at radius 1 is 1.00 bits per heavy atom. The van der Waals surface area contributed by atoms with Crippen molar-refractivity contribution in [1.82, 2.24) is 14.5 Å². The Morgan fingerprint density at radius 3 is 2.41 bits per heavy atom. The van der Waals surface area contributed by atoms with Gasteiger partial charge in [0.1, 0.15) is 11.6 Å². The van der Waals surface area contributed by atoms with Gasteiger partial charge in [0.15, 0.2) is 0 Å². The van der Waals surface area contributed by atoms with Crippen LogP contribution in [-0.2, 0) is 0 Å². The van der Waals surface area contributed by atoms with E-state index in [2.05, 4.69) is 20.9 Å². The Kier molecular flexibility index (Phi) is 5.67. The first kappa shape index (κ1) is 19.6. The normalized spacial score (nSPS) is 16.5. The number of piperazine rings is 1. The van der Waals surface area contributed by atoms with E-state index in [1.807, 2.05) is 38.1 Å². The molecule has 0 spiro atoms. The summed E-state index contributed by atoms with van der Waals surface area (Å²) in [6.07, 6.45) is 0. The molecule has 5 nitrogen and oxygen atoms in total. The number of imidazole rings is 1. The van der Waals surface area contributed by atoms with Crippen molar-refractivity contribution < 1.29 is 13.5 Å². The Hall–Kier alpha value is -2.67. The minimum absolute atomic E-state index is 0.194. The molecule has 29 heavy (non-hydrogen) atoms. The molecular formula is C22H26F2N4O. The number of aromatic nitrogens is 2. The highest BCUT2D eigenvalue weighted by Crippen LogP contribution is 2.32. The van der Waals surface area contributed by atoms with Gasteiger partial charge < -0.3 is 9.64 Å². The maximum Gasteiger partial charge on any atom is 0.320 e. The molecule has 0 unspecified atom stereocenters. The Labute approximate surface area is 169 Å².